The summed E-state index contributed by atoms with van der Waals surface area (Å²) < 4.78 is 48.7. The van der Waals surface area contributed by atoms with E-state index in [9.17, 15) is 27.9 Å². The van der Waals surface area contributed by atoms with Crippen LogP contribution in [-0.4, -0.2) is 35.7 Å². The molecule has 0 aliphatic heterocycles. The molecule has 0 fully saturated rings. The zero-order valence-corrected chi connectivity index (χ0v) is 19.4. The molecule has 1 aromatic carbocycles. The van der Waals surface area contributed by atoms with Crippen LogP contribution >= 0.6 is 0 Å². The number of hydrogen-bond donors (Lipinski definition) is 1. The molecule has 0 bridgehead atoms. The van der Waals surface area contributed by atoms with Crippen molar-refractivity contribution in [3.8, 4) is 5.75 Å². The number of Topliss-reactive ketones (excluding diaryl/α,β-unsaturated/α-hetero) is 1. The molecular weight excluding hydrogens is 449 g/mol. The first kappa shape index (κ1) is 27.4. The van der Waals surface area contributed by atoms with E-state index in [-0.39, 0.29) is 36.1 Å². The molecule has 0 amide bonds. The summed E-state index contributed by atoms with van der Waals surface area (Å²) in [5.74, 6) is -0.437. The lowest BCUT2D eigenvalue weighted by Crippen LogP contribution is -2.15. The van der Waals surface area contributed by atoms with Crippen LogP contribution in [-0.2, 0) is 20.5 Å². The Bertz CT molecular complexity index is 915. The largest absolute Gasteiger partial charge is 0.491 e. The maximum Gasteiger partial charge on any atom is 0.416 e. The molecular formula is C26H31F3O5. The van der Waals surface area contributed by atoms with Gasteiger partial charge in [0.05, 0.1) is 11.7 Å². The van der Waals surface area contributed by atoms with Crippen molar-refractivity contribution in [3.63, 3.8) is 0 Å². The van der Waals surface area contributed by atoms with Crippen molar-refractivity contribution in [1.82, 2.24) is 0 Å². The lowest BCUT2D eigenvalue weighted by molar-refractivity contribution is -0.147. The molecule has 0 saturated carbocycles. The van der Waals surface area contributed by atoms with Crippen LogP contribution in [0.1, 0.15) is 51.5 Å². The number of hydrogen-bond acceptors (Lipinski definition) is 5. The van der Waals surface area contributed by atoms with Crippen molar-refractivity contribution in [2.24, 2.45) is 5.92 Å². The van der Waals surface area contributed by atoms with Crippen molar-refractivity contribution < 1.29 is 37.3 Å². The first-order valence-corrected chi connectivity index (χ1v) is 11.3. The predicted octanol–water partition coefficient (Wildman–Crippen LogP) is 5.58. The van der Waals surface area contributed by atoms with E-state index in [0.717, 1.165) is 17.7 Å². The maximum absolute atomic E-state index is 12.8. The molecule has 8 heteroatoms. The summed E-state index contributed by atoms with van der Waals surface area (Å²) in [4.78, 5) is 23.7. The van der Waals surface area contributed by atoms with Gasteiger partial charge in [-0.15, -0.1) is 0 Å². The Morgan fingerprint density at radius 2 is 2.03 bits per heavy atom. The molecule has 1 N–H and O–H groups in total. The minimum Gasteiger partial charge on any atom is -0.491 e. The zero-order valence-electron chi connectivity index (χ0n) is 19.4. The Kier molecular flexibility index (Phi) is 10.6. The highest BCUT2D eigenvalue weighted by Gasteiger charge is 2.30. The molecule has 0 spiro atoms. The average molecular weight is 481 g/mol. The second-order valence-corrected chi connectivity index (χ2v) is 8.33. The quantitative estimate of drug-likeness (QED) is 0.240. The average Bonchev–Trinajstić information content (AvgIpc) is 3.11. The third kappa shape index (κ3) is 9.55. The second-order valence-electron chi connectivity index (χ2n) is 8.33. The predicted molar refractivity (Wildman–Crippen MR) is 122 cm³/mol. The molecule has 0 aromatic heterocycles. The number of unbranched alkanes of at least 4 members (excludes halogenated alkanes) is 1. The fourth-order valence-corrected chi connectivity index (χ4v) is 3.40. The molecule has 0 heterocycles. The first-order valence-electron chi connectivity index (χ1n) is 11.3. The molecule has 2 atom stereocenters. The molecule has 186 valence electrons. The minimum atomic E-state index is -4.47. The Labute approximate surface area is 197 Å². The van der Waals surface area contributed by atoms with Crippen LogP contribution in [0, 0.1) is 5.92 Å². The van der Waals surface area contributed by atoms with E-state index in [1.165, 1.54) is 18.2 Å². The van der Waals surface area contributed by atoms with Crippen LogP contribution in [0.25, 0.3) is 0 Å². The standard InChI is InChI=1S/C26H31F3O5/c1-18(2)34-25(32)11-6-4-3-5-10-23-19(13-15-24(23)31)12-14-21(30)17-33-22-9-7-8-20(16-22)26(27,28)29/h3,5,7-9,12-14,16,18,21,23,30H,4,6,10-11,15,17H2,1-2H3/t21?,23-/m1/s1. The number of halogens is 3. The molecule has 2 rings (SSSR count). The summed E-state index contributed by atoms with van der Waals surface area (Å²) in [6, 6.07) is 4.45. The van der Waals surface area contributed by atoms with Crippen LogP contribution in [0.3, 0.4) is 0 Å². The number of aliphatic hydroxyl groups is 1. The van der Waals surface area contributed by atoms with Gasteiger partial charge < -0.3 is 14.6 Å². The van der Waals surface area contributed by atoms with Gasteiger partial charge in [-0.2, -0.15) is 13.2 Å². The number of carbonyl (C=O) groups excluding carboxylic acids is 2. The highest BCUT2D eigenvalue weighted by Crippen LogP contribution is 2.31. The van der Waals surface area contributed by atoms with Gasteiger partial charge in [0.1, 0.15) is 24.2 Å². The first-order chi connectivity index (χ1) is 16.1. The number of ether oxygens (including phenoxy) is 2. The lowest BCUT2D eigenvalue weighted by atomic mass is 9.95. The van der Waals surface area contributed by atoms with E-state index in [0.29, 0.717) is 32.1 Å². The summed E-state index contributed by atoms with van der Waals surface area (Å²) >= 11 is 0. The van der Waals surface area contributed by atoms with Crippen molar-refractivity contribution in [3.05, 3.63) is 65.8 Å². The number of esters is 1. The van der Waals surface area contributed by atoms with E-state index in [4.69, 9.17) is 9.47 Å². The molecule has 1 aliphatic carbocycles. The summed E-state index contributed by atoms with van der Waals surface area (Å²) in [5, 5.41) is 10.1. The number of allylic oxidation sites excluding steroid dienone is 5. The van der Waals surface area contributed by atoms with Crippen molar-refractivity contribution in [1.29, 1.82) is 0 Å². The van der Waals surface area contributed by atoms with E-state index < -0.39 is 17.8 Å². The molecule has 1 aromatic rings. The summed E-state index contributed by atoms with van der Waals surface area (Å²) in [7, 11) is 0. The molecule has 1 aliphatic rings. The number of ketones is 1. The number of alkyl halides is 3. The number of rotatable bonds is 12. The van der Waals surface area contributed by atoms with Crippen LogP contribution in [0.5, 0.6) is 5.75 Å². The molecule has 34 heavy (non-hydrogen) atoms. The van der Waals surface area contributed by atoms with Crippen LogP contribution in [0.15, 0.2) is 60.2 Å². The fraction of sp³-hybridized carbons (Fsp3) is 0.462. The summed E-state index contributed by atoms with van der Waals surface area (Å²) in [6.45, 7) is 3.39. The van der Waals surface area contributed by atoms with Gasteiger partial charge in [0.15, 0.2) is 0 Å². The van der Waals surface area contributed by atoms with Gasteiger partial charge in [-0.3, -0.25) is 9.59 Å². The molecule has 1 unspecified atom stereocenters. The Morgan fingerprint density at radius 1 is 1.26 bits per heavy atom. The van der Waals surface area contributed by atoms with Gasteiger partial charge in [-0.25, -0.2) is 0 Å². The SMILES string of the molecule is CC(C)OC(=O)CCCC=CC[C@H]1C(=O)CC=C1C=CC(O)COc1cccc(C(F)(F)F)c1. The van der Waals surface area contributed by atoms with Gasteiger partial charge >= 0.3 is 12.1 Å². The Morgan fingerprint density at radius 3 is 2.74 bits per heavy atom. The van der Waals surface area contributed by atoms with Gasteiger partial charge in [0, 0.05) is 18.8 Å². The van der Waals surface area contributed by atoms with Gasteiger partial charge in [-0.1, -0.05) is 36.4 Å². The number of benzene rings is 1. The molecule has 0 saturated heterocycles. The lowest BCUT2D eigenvalue weighted by Gasteiger charge is -2.12. The number of carbonyl (C=O) groups is 2. The third-order valence-electron chi connectivity index (χ3n) is 5.08. The van der Waals surface area contributed by atoms with E-state index in [1.54, 1.807) is 26.0 Å². The second kappa shape index (κ2) is 13.1. The van der Waals surface area contributed by atoms with Crippen LogP contribution in [0.4, 0.5) is 13.2 Å². The van der Waals surface area contributed by atoms with Crippen molar-refractivity contribution in [2.45, 2.75) is 64.3 Å². The van der Waals surface area contributed by atoms with Crippen molar-refractivity contribution >= 4 is 11.8 Å². The van der Waals surface area contributed by atoms with Crippen molar-refractivity contribution in [2.75, 3.05) is 6.61 Å². The highest BCUT2D eigenvalue weighted by atomic mass is 19.4. The summed E-state index contributed by atoms with van der Waals surface area (Å²) in [5.41, 5.74) is -0.0377. The summed E-state index contributed by atoms with van der Waals surface area (Å²) in [6.07, 6.45) is 5.69. The minimum absolute atomic E-state index is 0.0121. The molecule has 5 nitrogen and oxygen atoms in total. The van der Waals surface area contributed by atoms with Gasteiger partial charge in [-0.05, 0) is 56.9 Å². The number of aliphatic hydroxyl groups excluding tert-OH is 1. The normalized spacial score (nSPS) is 17.6. The van der Waals surface area contributed by atoms with Gasteiger partial charge in [0.2, 0.25) is 0 Å². The van der Waals surface area contributed by atoms with E-state index in [2.05, 4.69) is 0 Å². The Hall–Kier alpha value is -2.87. The van der Waals surface area contributed by atoms with E-state index in [1.807, 2.05) is 12.2 Å². The highest BCUT2D eigenvalue weighted by molar-refractivity contribution is 5.89. The smallest absolute Gasteiger partial charge is 0.416 e. The monoisotopic (exact) mass is 480 g/mol. The van der Waals surface area contributed by atoms with Gasteiger partial charge in [0.25, 0.3) is 0 Å². The Balaban J connectivity index is 1.78. The molecule has 0 radical (unpaired) electrons. The third-order valence-corrected chi connectivity index (χ3v) is 5.08. The van der Waals surface area contributed by atoms with E-state index >= 15 is 0 Å². The van der Waals surface area contributed by atoms with Crippen LogP contribution < -0.4 is 4.74 Å². The zero-order chi connectivity index (χ0) is 25.1. The maximum atomic E-state index is 12.8. The fourth-order valence-electron chi connectivity index (χ4n) is 3.40. The van der Waals surface area contributed by atoms with Crippen LogP contribution in [0.2, 0.25) is 0 Å². The topological polar surface area (TPSA) is 72.8 Å².